The van der Waals surface area contributed by atoms with E-state index in [2.05, 4.69) is 16.4 Å². The first kappa shape index (κ1) is 22.4. The number of carbonyl (C=O) groups is 1. The zero-order valence-corrected chi connectivity index (χ0v) is 18.9. The van der Waals surface area contributed by atoms with Crippen LogP contribution in [0.3, 0.4) is 0 Å². The summed E-state index contributed by atoms with van der Waals surface area (Å²) in [6, 6.07) is 11.8. The Morgan fingerprint density at radius 1 is 1.27 bits per heavy atom. The number of hydrogen-bond acceptors (Lipinski definition) is 6. The molecule has 0 fully saturated rings. The van der Waals surface area contributed by atoms with Gasteiger partial charge in [0.15, 0.2) is 5.76 Å². The molecule has 4 aromatic rings. The number of thioether (sulfide) groups is 1. The molecule has 0 radical (unpaired) electrons. The normalized spacial score (nSPS) is 10.8. The second-order valence-electron chi connectivity index (χ2n) is 7.36. The van der Waals surface area contributed by atoms with Crippen LogP contribution in [0.5, 0.6) is 0 Å². The van der Waals surface area contributed by atoms with E-state index in [4.69, 9.17) is 8.83 Å². The lowest BCUT2D eigenvalue weighted by Crippen LogP contribution is -2.17. The maximum absolute atomic E-state index is 13.1. The Morgan fingerprint density at radius 2 is 2.06 bits per heavy atom. The fourth-order valence-electron chi connectivity index (χ4n) is 3.38. The van der Waals surface area contributed by atoms with E-state index in [-0.39, 0.29) is 18.1 Å². The fourth-order valence-corrected chi connectivity index (χ4v) is 4.12. The van der Waals surface area contributed by atoms with Crippen LogP contribution < -0.4 is 5.32 Å². The molecule has 0 bridgehead atoms. The number of oxazole rings is 1. The highest BCUT2D eigenvalue weighted by molar-refractivity contribution is 7.99. The summed E-state index contributed by atoms with van der Waals surface area (Å²) in [5, 5.41) is 12.9. The molecule has 168 valence electrons. The van der Waals surface area contributed by atoms with Crippen molar-refractivity contribution in [3.8, 4) is 17.4 Å². The van der Waals surface area contributed by atoms with E-state index in [9.17, 15) is 14.4 Å². The van der Waals surface area contributed by atoms with Crippen LogP contribution in [-0.2, 0) is 11.3 Å². The molecule has 0 atom stereocenters. The first-order valence-electron chi connectivity index (χ1n) is 10.2. The molecule has 0 saturated heterocycles. The number of anilines is 1. The second kappa shape index (κ2) is 9.79. The van der Waals surface area contributed by atoms with Crippen LogP contribution in [0.4, 0.5) is 10.2 Å². The molecule has 7 nitrogen and oxygen atoms in total. The third-order valence-electron chi connectivity index (χ3n) is 5.26. The van der Waals surface area contributed by atoms with Gasteiger partial charge in [-0.25, -0.2) is 9.37 Å². The minimum Gasteiger partial charge on any atom is -0.467 e. The molecule has 3 heterocycles. The van der Waals surface area contributed by atoms with Crippen molar-refractivity contribution in [3.63, 3.8) is 0 Å². The highest BCUT2D eigenvalue weighted by Crippen LogP contribution is 2.29. The molecule has 1 amide bonds. The SMILES string of the molecule is Cc1c(C#N)c(NC(=O)CCSc2ncc(-c3ccc(F)cc3)o2)n(Cc2ccco2)c1C. The number of furan rings is 1. The van der Waals surface area contributed by atoms with E-state index in [1.807, 2.05) is 24.5 Å². The predicted molar refractivity (Wildman–Crippen MR) is 122 cm³/mol. The van der Waals surface area contributed by atoms with Crippen LogP contribution in [0.25, 0.3) is 11.3 Å². The van der Waals surface area contributed by atoms with E-state index in [0.717, 1.165) is 22.6 Å². The zero-order chi connectivity index (χ0) is 23.4. The van der Waals surface area contributed by atoms with Crippen LogP contribution in [0.2, 0.25) is 0 Å². The number of halogens is 1. The van der Waals surface area contributed by atoms with Crippen LogP contribution in [-0.4, -0.2) is 21.2 Å². The lowest BCUT2D eigenvalue weighted by molar-refractivity contribution is -0.115. The number of carbonyl (C=O) groups excluding carboxylic acids is 1. The number of benzene rings is 1. The number of nitrogens with one attached hydrogen (secondary N) is 1. The third kappa shape index (κ3) is 5.02. The number of nitrogens with zero attached hydrogens (tertiary/aromatic N) is 3. The van der Waals surface area contributed by atoms with Crippen LogP contribution >= 0.6 is 11.8 Å². The molecule has 3 aromatic heterocycles. The van der Waals surface area contributed by atoms with Crippen LogP contribution in [0, 0.1) is 31.0 Å². The molecule has 0 unspecified atom stereocenters. The highest BCUT2D eigenvalue weighted by atomic mass is 32.2. The number of nitriles is 1. The number of aromatic nitrogens is 2. The summed E-state index contributed by atoms with van der Waals surface area (Å²) in [4.78, 5) is 16.9. The predicted octanol–water partition coefficient (Wildman–Crippen LogP) is 5.53. The van der Waals surface area contributed by atoms with Crippen LogP contribution in [0.15, 0.2) is 62.9 Å². The van der Waals surface area contributed by atoms with Gasteiger partial charge >= 0.3 is 0 Å². The van der Waals surface area contributed by atoms with E-state index in [1.165, 1.54) is 23.9 Å². The van der Waals surface area contributed by atoms with Crippen molar-refractivity contribution in [2.45, 2.75) is 32.0 Å². The zero-order valence-electron chi connectivity index (χ0n) is 18.1. The number of hydrogen-bond donors (Lipinski definition) is 1. The number of rotatable bonds is 8. The summed E-state index contributed by atoms with van der Waals surface area (Å²) in [6.45, 7) is 4.18. The van der Waals surface area contributed by atoms with Gasteiger partial charge in [-0.2, -0.15) is 5.26 Å². The fraction of sp³-hybridized carbons (Fsp3) is 0.208. The van der Waals surface area contributed by atoms with Crippen molar-refractivity contribution >= 4 is 23.5 Å². The lowest BCUT2D eigenvalue weighted by Gasteiger charge is -2.11. The van der Waals surface area contributed by atoms with E-state index in [1.54, 1.807) is 30.7 Å². The summed E-state index contributed by atoms with van der Waals surface area (Å²) in [7, 11) is 0. The van der Waals surface area contributed by atoms with Gasteiger partial charge in [-0.1, -0.05) is 11.8 Å². The van der Waals surface area contributed by atoms with Gasteiger partial charge in [-0.05, 0) is 55.8 Å². The Bertz CT molecular complexity index is 1300. The molecule has 0 aliphatic heterocycles. The smallest absolute Gasteiger partial charge is 0.256 e. The maximum atomic E-state index is 13.1. The molecule has 0 saturated carbocycles. The third-order valence-corrected chi connectivity index (χ3v) is 6.10. The summed E-state index contributed by atoms with van der Waals surface area (Å²) in [6.07, 6.45) is 3.36. The van der Waals surface area contributed by atoms with Crippen LogP contribution in [0.1, 0.15) is 29.0 Å². The molecule has 4 rings (SSSR count). The van der Waals surface area contributed by atoms with Gasteiger partial charge < -0.3 is 18.7 Å². The molecule has 0 spiro atoms. The number of amides is 1. The quantitative estimate of drug-likeness (QED) is 0.344. The Morgan fingerprint density at radius 3 is 2.76 bits per heavy atom. The highest BCUT2D eigenvalue weighted by Gasteiger charge is 2.20. The summed E-state index contributed by atoms with van der Waals surface area (Å²) in [5.74, 6) is 1.62. The van der Waals surface area contributed by atoms with E-state index in [0.29, 0.717) is 34.7 Å². The van der Waals surface area contributed by atoms with Crippen molar-refractivity contribution in [3.05, 3.63) is 77.3 Å². The van der Waals surface area contributed by atoms with Gasteiger partial charge in [0.1, 0.15) is 23.5 Å². The monoisotopic (exact) mass is 464 g/mol. The van der Waals surface area contributed by atoms with Gasteiger partial charge in [-0.15, -0.1) is 0 Å². The average molecular weight is 465 g/mol. The first-order valence-corrected chi connectivity index (χ1v) is 11.2. The molecule has 0 aliphatic carbocycles. The van der Waals surface area contributed by atoms with Gasteiger partial charge in [0.05, 0.1) is 24.6 Å². The van der Waals surface area contributed by atoms with E-state index < -0.39 is 0 Å². The summed E-state index contributed by atoms with van der Waals surface area (Å²) in [5.41, 5.74) is 2.87. The van der Waals surface area contributed by atoms with Crippen molar-refractivity contribution in [1.82, 2.24) is 9.55 Å². The minimum absolute atomic E-state index is 0.202. The molecular weight excluding hydrogens is 443 g/mol. The molecule has 1 N–H and O–H groups in total. The van der Waals surface area contributed by atoms with Crippen molar-refractivity contribution in [1.29, 1.82) is 5.26 Å². The van der Waals surface area contributed by atoms with Gasteiger partial charge in [0.25, 0.3) is 5.22 Å². The summed E-state index contributed by atoms with van der Waals surface area (Å²) >= 11 is 1.30. The van der Waals surface area contributed by atoms with Crippen molar-refractivity contribution in [2.24, 2.45) is 0 Å². The van der Waals surface area contributed by atoms with Crippen molar-refractivity contribution in [2.75, 3.05) is 11.1 Å². The topological polar surface area (TPSA) is 97.0 Å². The largest absolute Gasteiger partial charge is 0.467 e. The summed E-state index contributed by atoms with van der Waals surface area (Å²) < 4.78 is 26.1. The molecule has 0 aliphatic rings. The molecule has 1 aromatic carbocycles. The maximum Gasteiger partial charge on any atom is 0.256 e. The minimum atomic E-state index is -0.320. The molecule has 33 heavy (non-hydrogen) atoms. The van der Waals surface area contributed by atoms with Gasteiger partial charge in [0, 0.05) is 23.4 Å². The Kier molecular flexibility index (Phi) is 6.66. The lowest BCUT2D eigenvalue weighted by atomic mass is 10.2. The van der Waals surface area contributed by atoms with Gasteiger partial charge in [-0.3, -0.25) is 4.79 Å². The second-order valence-corrected chi connectivity index (χ2v) is 8.40. The molecular formula is C24H21FN4O3S. The Balaban J connectivity index is 1.39. The molecule has 9 heteroatoms. The van der Waals surface area contributed by atoms with Gasteiger partial charge in [0.2, 0.25) is 5.91 Å². The standard InChI is InChI=1S/C24H21FN4O3S/c1-15-16(2)29(14-19-4-3-10-31-19)23(20(15)12-26)28-22(30)9-11-33-24-27-13-21(32-24)17-5-7-18(25)8-6-17/h3-8,10,13H,9,11,14H2,1-2H3,(H,28,30). The Hall–Kier alpha value is -3.77. The first-order chi connectivity index (χ1) is 16.0. The van der Waals surface area contributed by atoms with Crippen molar-refractivity contribution < 1.29 is 18.0 Å². The average Bonchev–Trinajstić information content (AvgIpc) is 3.53. The Labute approximate surface area is 194 Å². The van der Waals surface area contributed by atoms with E-state index >= 15 is 0 Å².